The minimum atomic E-state index is -2.48. The van der Waals surface area contributed by atoms with Crippen LogP contribution in [-0.2, 0) is 6.54 Å². The number of alkyl halides is 2. The summed E-state index contributed by atoms with van der Waals surface area (Å²) in [7, 11) is 0. The molecule has 6 heteroatoms. The lowest BCUT2D eigenvalue weighted by Gasteiger charge is -2.24. The predicted octanol–water partition coefficient (Wildman–Crippen LogP) is 0.913. The molecule has 0 saturated heterocycles. The van der Waals surface area contributed by atoms with Gasteiger partial charge in [0.2, 0.25) is 0 Å². The predicted molar refractivity (Wildman–Crippen MR) is 62.2 cm³/mol. The largest absolute Gasteiger partial charge is 0.395 e. The molecule has 0 radical (unpaired) electrons. The van der Waals surface area contributed by atoms with Crippen molar-refractivity contribution < 1.29 is 13.9 Å². The lowest BCUT2D eigenvalue weighted by atomic mass is 10.2. The molecule has 0 amide bonds. The standard InChI is InChI=1S/C11H17F2N3O/c1-8-2-3-9(6-14)11(15-8)16(4-5-17)7-10(12)13/h2-3,10,17H,4-7,14H2,1H3. The molecule has 3 N–H and O–H groups in total. The normalized spacial score (nSPS) is 10.9. The molecule has 0 aliphatic heterocycles. The van der Waals surface area contributed by atoms with Gasteiger partial charge in [-0.25, -0.2) is 13.8 Å². The summed E-state index contributed by atoms with van der Waals surface area (Å²) in [5.74, 6) is 0.432. The highest BCUT2D eigenvalue weighted by Gasteiger charge is 2.16. The quantitative estimate of drug-likeness (QED) is 0.782. The second-order valence-corrected chi connectivity index (χ2v) is 3.70. The van der Waals surface area contributed by atoms with Gasteiger partial charge in [0.1, 0.15) is 5.82 Å². The van der Waals surface area contributed by atoms with Crippen molar-refractivity contribution in [3.63, 3.8) is 0 Å². The van der Waals surface area contributed by atoms with E-state index in [-0.39, 0.29) is 19.7 Å². The Kier molecular flexibility index (Phi) is 5.24. The lowest BCUT2D eigenvalue weighted by molar-refractivity contribution is 0.152. The summed E-state index contributed by atoms with van der Waals surface area (Å²) in [6.45, 7) is 1.47. The van der Waals surface area contributed by atoms with Crippen LogP contribution in [0.1, 0.15) is 11.3 Å². The fourth-order valence-electron chi connectivity index (χ4n) is 1.58. The van der Waals surface area contributed by atoms with Crippen LogP contribution in [0.3, 0.4) is 0 Å². The van der Waals surface area contributed by atoms with Crippen LogP contribution in [0, 0.1) is 6.92 Å². The van der Waals surface area contributed by atoms with Crippen molar-refractivity contribution in [1.82, 2.24) is 4.98 Å². The first-order valence-corrected chi connectivity index (χ1v) is 5.39. The highest BCUT2D eigenvalue weighted by Crippen LogP contribution is 2.19. The van der Waals surface area contributed by atoms with Crippen LogP contribution in [0.15, 0.2) is 12.1 Å². The molecule has 0 saturated carbocycles. The fraction of sp³-hybridized carbons (Fsp3) is 0.545. The Morgan fingerprint density at radius 3 is 2.71 bits per heavy atom. The first kappa shape index (κ1) is 13.8. The molecule has 1 aromatic heterocycles. The maximum atomic E-state index is 12.4. The zero-order valence-corrected chi connectivity index (χ0v) is 9.74. The molecule has 1 rings (SSSR count). The van der Waals surface area contributed by atoms with E-state index in [9.17, 15) is 8.78 Å². The monoisotopic (exact) mass is 245 g/mol. The van der Waals surface area contributed by atoms with Gasteiger partial charge in [0.25, 0.3) is 6.43 Å². The van der Waals surface area contributed by atoms with E-state index in [0.29, 0.717) is 11.4 Å². The van der Waals surface area contributed by atoms with Gasteiger partial charge in [0, 0.05) is 24.3 Å². The summed E-state index contributed by atoms with van der Waals surface area (Å²) < 4.78 is 24.9. The first-order chi connectivity index (χ1) is 8.08. The van der Waals surface area contributed by atoms with E-state index in [4.69, 9.17) is 10.8 Å². The Labute approximate surface area is 99.1 Å². The second kappa shape index (κ2) is 6.46. The van der Waals surface area contributed by atoms with Crippen LogP contribution in [0.4, 0.5) is 14.6 Å². The second-order valence-electron chi connectivity index (χ2n) is 3.70. The number of aliphatic hydroxyl groups is 1. The lowest BCUT2D eigenvalue weighted by Crippen LogP contribution is -2.33. The number of hydrogen-bond donors (Lipinski definition) is 2. The molecule has 0 aliphatic carbocycles. The summed E-state index contributed by atoms with van der Waals surface area (Å²) in [4.78, 5) is 5.58. The number of hydrogen-bond acceptors (Lipinski definition) is 4. The summed E-state index contributed by atoms with van der Waals surface area (Å²) in [5, 5.41) is 8.90. The van der Waals surface area contributed by atoms with Crippen LogP contribution in [0.2, 0.25) is 0 Å². The van der Waals surface area contributed by atoms with Gasteiger partial charge < -0.3 is 15.7 Å². The summed E-state index contributed by atoms with van der Waals surface area (Å²) in [6, 6.07) is 3.55. The van der Waals surface area contributed by atoms with E-state index in [1.807, 2.05) is 0 Å². The van der Waals surface area contributed by atoms with E-state index < -0.39 is 13.0 Å². The van der Waals surface area contributed by atoms with E-state index >= 15 is 0 Å². The molecule has 96 valence electrons. The van der Waals surface area contributed by atoms with Crippen molar-refractivity contribution in [2.45, 2.75) is 19.9 Å². The summed E-state index contributed by atoms with van der Waals surface area (Å²) in [6.07, 6.45) is -2.48. The molecular weight excluding hydrogens is 228 g/mol. The van der Waals surface area contributed by atoms with Gasteiger partial charge in [0.05, 0.1) is 13.2 Å². The molecular formula is C11H17F2N3O. The van der Waals surface area contributed by atoms with E-state index in [0.717, 1.165) is 5.69 Å². The molecule has 0 atom stereocenters. The van der Waals surface area contributed by atoms with E-state index in [2.05, 4.69) is 4.98 Å². The van der Waals surface area contributed by atoms with Crippen molar-refractivity contribution in [3.05, 3.63) is 23.4 Å². The Bertz CT molecular complexity index is 361. The molecule has 4 nitrogen and oxygen atoms in total. The number of aliphatic hydroxyl groups excluding tert-OH is 1. The fourth-order valence-corrected chi connectivity index (χ4v) is 1.58. The number of nitrogens with two attached hydrogens (primary N) is 1. The maximum Gasteiger partial charge on any atom is 0.255 e. The zero-order valence-electron chi connectivity index (χ0n) is 9.74. The van der Waals surface area contributed by atoms with Gasteiger partial charge in [-0.2, -0.15) is 0 Å². The van der Waals surface area contributed by atoms with Crippen molar-refractivity contribution in [1.29, 1.82) is 0 Å². The number of aryl methyl sites for hydroxylation is 1. The molecule has 0 fully saturated rings. The van der Waals surface area contributed by atoms with Gasteiger partial charge in [-0.05, 0) is 13.0 Å². The van der Waals surface area contributed by atoms with Crippen molar-refractivity contribution >= 4 is 5.82 Å². The first-order valence-electron chi connectivity index (χ1n) is 5.39. The zero-order chi connectivity index (χ0) is 12.8. The van der Waals surface area contributed by atoms with E-state index in [1.165, 1.54) is 4.90 Å². The summed E-state index contributed by atoms with van der Waals surface area (Å²) in [5.41, 5.74) is 6.98. The molecule has 1 aromatic rings. The average molecular weight is 245 g/mol. The van der Waals surface area contributed by atoms with Crippen molar-refractivity contribution in [2.24, 2.45) is 5.73 Å². The molecule has 1 heterocycles. The Morgan fingerprint density at radius 2 is 2.18 bits per heavy atom. The highest BCUT2D eigenvalue weighted by molar-refractivity contribution is 5.47. The minimum Gasteiger partial charge on any atom is -0.395 e. The Balaban J connectivity index is 3.02. The van der Waals surface area contributed by atoms with Crippen LogP contribution >= 0.6 is 0 Å². The maximum absolute atomic E-state index is 12.4. The third-order valence-electron chi connectivity index (χ3n) is 2.34. The van der Waals surface area contributed by atoms with Crippen LogP contribution < -0.4 is 10.6 Å². The topological polar surface area (TPSA) is 62.4 Å². The number of anilines is 1. The average Bonchev–Trinajstić information content (AvgIpc) is 2.28. The van der Waals surface area contributed by atoms with Gasteiger partial charge in [-0.15, -0.1) is 0 Å². The third kappa shape index (κ3) is 3.90. The molecule has 17 heavy (non-hydrogen) atoms. The number of nitrogens with zero attached hydrogens (tertiary/aromatic N) is 2. The molecule has 0 aliphatic rings. The van der Waals surface area contributed by atoms with Crippen molar-refractivity contribution in [3.8, 4) is 0 Å². The molecule has 0 spiro atoms. The van der Waals surface area contributed by atoms with Crippen LogP contribution in [-0.4, -0.2) is 36.2 Å². The van der Waals surface area contributed by atoms with Gasteiger partial charge in [0.15, 0.2) is 0 Å². The van der Waals surface area contributed by atoms with E-state index in [1.54, 1.807) is 19.1 Å². The Morgan fingerprint density at radius 1 is 1.47 bits per heavy atom. The molecule has 0 bridgehead atoms. The molecule has 0 unspecified atom stereocenters. The van der Waals surface area contributed by atoms with Crippen LogP contribution in [0.25, 0.3) is 0 Å². The Hall–Kier alpha value is -1.27. The van der Waals surface area contributed by atoms with Gasteiger partial charge in [-0.3, -0.25) is 0 Å². The number of pyridine rings is 1. The number of rotatable bonds is 6. The van der Waals surface area contributed by atoms with Gasteiger partial charge in [-0.1, -0.05) is 6.07 Å². The van der Waals surface area contributed by atoms with Gasteiger partial charge >= 0.3 is 0 Å². The minimum absolute atomic E-state index is 0.119. The SMILES string of the molecule is Cc1ccc(CN)c(N(CCO)CC(F)F)n1. The third-order valence-corrected chi connectivity index (χ3v) is 2.34. The number of halogens is 2. The smallest absolute Gasteiger partial charge is 0.255 e. The molecule has 0 aromatic carbocycles. The number of aromatic nitrogens is 1. The van der Waals surface area contributed by atoms with Crippen molar-refractivity contribution in [2.75, 3.05) is 24.6 Å². The summed E-state index contributed by atoms with van der Waals surface area (Å²) >= 11 is 0. The highest BCUT2D eigenvalue weighted by atomic mass is 19.3. The van der Waals surface area contributed by atoms with Crippen LogP contribution in [0.5, 0.6) is 0 Å².